The number of hydrogen-bond acceptors (Lipinski definition) is 0. The summed E-state index contributed by atoms with van der Waals surface area (Å²) in [6.45, 7) is 32.5. The number of benzene rings is 5. The Labute approximate surface area is 296 Å². The lowest BCUT2D eigenvalue weighted by Crippen LogP contribution is -2.18. The highest BCUT2D eigenvalue weighted by Crippen LogP contribution is 2.30. The molecule has 0 aromatic heterocycles. The molecule has 0 aliphatic heterocycles. The van der Waals surface area contributed by atoms with Gasteiger partial charge >= 0.3 is 0 Å². The lowest BCUT2D eigenvalue weighted by Gasteiger charge is -2.25. The molecule has 5 rings (SSSR count). The molecule has 0 aliphatic carbocycles. The average Bonchev–Trinajstić information content (AvgIpc) is 3.23. The summed E-state index contributed by atoms with van der Waals surface area (Å²) in [4.78, 5) is 0. The van der Waals surface area contributed by atoms with Gasteiger partial charge in [0, 0.05) is 5.41 Å². The monoisotopic (exact) mass is 641 g/mol. The maximum absolute atomic E-state index is 2.26. The topological polar surface area (TPSA) is 0 Å². The maximum atomic E-state index is 2.26. The molecule has 0 atom stereocenters. The van der Waals surface area contributed by atoms with Crippen molar-refractivity contribution in [2.45, 2.75) is 116 Å². The van der Waals surface area contributed by atoms with Crippen molar-refractivity contribution in [2.24, 2.45) is 0 Å². The minimum absolute atomic E-state index is 0.0858. The third kappa shape index (κ3) is 38.2. The van der Waals surface area contributed by atoms with Crippen LogP contribution in [0.1, 0.15) is 122 Å². The van der Waals surface area contributed by atoms with E-state index in [9.17, 15) is 0 Å². The molecule has 0 heterocycles. The van der Waals surface area contributed by atoms with E-state index in [1.807, 2.05) is 206 Å². The van der Waals surface area contributed by atoms with Crippen molar-refractivity contribution in [1.29, 1.82) is 0 Å². The highest BCUT2D eigenvalue weighted by Gasteiger charge is 2.21. The van der Waals surface area contributed by atoms with Crippen LogP contribution < -0.4 is 0 Å². The SMILES string of the molecule is CC.CC.CC.CC.CC.CC.CC.CC(C)(c1ccccc1)c1ccccc1.c1ccccc1.c1ccccc1.c1ccccc1. The molecule has 264 valence electrons. The van der Waals surface area contributed by atoms with Crippen LogP contribution in [-0.4, -0.2) is 0 Å². The fourth-order valence-corrected chi connectivity index (χ4v) is 3.03. The van der Waals surface area contributed by atoms with Crippen LogP contribution in [0.4, 0.5) is 0 Å². The van der Waals surface area contributed by atoms with Crippen molar-refractivity contribution in [3.05, 3.63) is 181 Å². The molecule has 47 heavy (non-hydrogen) atoms. The molecule has 5 aromatic carbocycles. The molecule has 0 amide bonds. The van der Waals surface area contributed by atoms with Crippen molar-refractivity contribution in [3.8, 4) is 0 Å². The summed E-state index contributed by atoms with van der Waals surface area (Å²) in [5, 5.41) is 0. The van der Waals surface area contributed by atoms with Gasteiger partial charge in [0.15, 0.2) is 0 Å². The zero-order valence-corrected chi connectivity index (χ0v) is 33.7. The van der Waals surface area contributed by atoms with E-state index in [1.165, 1.54) is 11.1 Å². The van der Waals surface area contributed by atoms with E-state index in [-0.39, 0.29) is 5.41 Å². The molecule has 0 unspecified atom stereocenters. The van der Waals surface area contributed by atoms with E-state index in [1.54, 1.807) is 0 Å². The van der Waals surface area contributed by atoms with Crippen molar-refractivity contribution < 1.29 is 0 Å². The quantitative estimate of drug-likeness (QED) is 0.180. The third-order valence-corrected chi connectivity index (χ3v) is 4.99. The molecule has 0 saturated heterocycles. The molecular formula is C47H76. The van der Waals surface area contributed by atoms with Gasteiger partial charge in [0.2, 0.25) is 0 Å². The first-order valence-electron chi connectivity index (χ1n) is 18.3. The van der Waals surface area contributed by atoms with Gasteiger partial charge in [0.05, 0.1) is 0 Å². The average molecular weight is 641 g/mol. The Kier molecular flexibility index (Phi) is 64.4. The van der Waals surface area contributed by atoms with Gasteiger partial charge in [-0.05, 0) is 11.1 Å². The molecule has 0 radical (unpaired) electrons. The van der Waals surface area contributed by atoms with Crippen LogP contribution in [0, 0.1) is 0 Å². The van der Waals surface area contributed by atoms with Crippen LogP contribution in [0.2, 0.25) is 0 Å². The molecule has 0 saturated carbocycles. The maximum Gasteiger partial charge on any atom is 0.0146 e. The molecule has 0 aliphatic rings. The second-order valence-electron chi connectivity index (χ2n) is 7.82. The summed E-state index contributed by atoms with van der Waals surface area (Å²) >= 11 is 0. The minimum Gasteiger partial charge on any atom is -0.0683 e. The number of hydrogen-bond donors (Lipinski definition) is 0. The predicted octanol–water partition coefficient (Wildman–Crippen LogP) is 16.3. The molecule has 0 bridgehead atoms. The second kappa shape index (κ2) is 54.6. The van der Waals surface area contributed by atoms with Crippen LogP contribution in [0.25, 0.3) is 0 Å². The zero-order chi connectivity index (χ0) is 37.5. The molecular weight excluding hydrogens is 565 g/mol. The zero-order valence-electron chi connectivity index (χ0n) is 33.7. The summed E-state index contributed by atoms with van der Waals surface area (Å²) in [5.74, 6) is 0. The molecule has 0 heteroatoms. The van der Waals surface area contributed by atoms with E-state index in [4.69, 9.17) is 0 Å². The Balaban J connectivity index is -0.000000112. The van der Waals surface area contributed by atoms with Crippen LogP contribution in [0.3, 0.4) is 0 Å². The van der Waals surface area contributed by atoms with E-state index >= 15 is 0 Å². The van der Waals surface area contributed by atoms with E-state index in [0.717, 1.165) is 0 Å². The van der Waals surface area contributed by atoms with Crippen LogP contribution in [0.5, 0.6) is 0 Å². The number of rotatable bonds is 2. The Bertz CT molecular complexity index is 843. The Hall–Kier alpha value is -3.90. The smallest absolute Gasteiger partial charge is 0.0146 e. The normalized spacial score (nSPS) is 7.57. The summed E-state index contributed by atoms with van der Waals surface area (Å²) in [5.41, 5.74) is 2.80. The van der Waals surface area contributed by atoms with Crippen LogP contribution in [-0.2, 0) is 5.41 Å². The predicted molar refractivity (Wildman–Crippen MR) is 224 cm³/mol. The van der Waals surface area contributed by atoms with Gasteiger partial charge in [-0.3, -0.25) is 0 Å². The van der Waals surface area contributed by atoms with E-state index in [2.05, 4.69) is 74.5 Å². The summed E-state index contributed by atoms with van der Waals surface area (Å²) in [6, 6.07) is 57.3. The molecule has 0 N–H and O–H groups in total. The molecule has 0 nitrogen and oxygen atoms in total. The Morgan fingerprint density at radius 1 is 0.213 bits per heavy atom. The lowest BCUT2D eigenvalue weighted by atomic mass is 9.78. The van der Waals surface area contributed by atoms with Gasteiger partial charge in [-0.2, -0.15) is 0 Å². The van der Waals surface area contributed by atoms with Gasteiger partial charge in [-0.15, -0.1) is 0 Å². The first-order chi connectivity index (χ1) is 23.2. The Morgan fingerprint density at radius 3 is 0.447 bits per heavy atom. The van der Waals surface area contributed by atoms with Crippen LogP contribution >= 0.6 is 0 Å². The summed E-state index contributed by atoms with van der Waals surface area (Å²) in [6.07, 6.45) is 0. The Morgan fingerprint density at radius 2 is 0.319 bits per heavy atom. The molecule has 0 fully saturated rings. The third-order valence-electron chi connectivity index (χ3n) is 4.99. The van der Waals surface area contributed by atoms with Crippen molar-refractivity contribution >= 4 is 0 Å². The molecule has 5 aromatic rings. The lowest BCUT2D eigenvalue weighted by molar-refractivity contribution is 0.641. The fraction of sp³-hybridized carbons (Fsp3) is 0.362. The summed E-state index contributed by atoms with van der Waals surface area (Å²) in [7, 11) is 0. The first-order valence-corrected chi connectivity index (χ1v) is 18.3. The van der Waals surface area contributed by atoms with Gasteiger partial charge in [0.1, 0.15) is 0 Å². The van der Waals surface area contributed by atoms with Crippen LogP contribution in [0.15, 0.2) is 170 Å². The van der Waals surface area contributed by atoms with Crippen molar-refractivity contribution in [2.75, 3.05) is 0 Å². The summed E-state index contributed by atoms with van der Waals surface area (Å²) < 4.78 is 0. The first kappa shape index (κ1) is 55.5. The largest absolute Gasteiger partial charge is 0.0683 e. The van der Waals surface area contributed by atoms with Gasteiger partial charge in [-0.1, -0.05) is 281 Å². The standard InChI is InChI=1S/C15H16.3C6H6.7C2H6/c1-15(2,13-9-5-3-6-10-13)14-11-7-4-8-12-14;3*1-2-4-6-5-3-1;7*1-2/h3-12H,1-2H3;3*1-6H;7*1-2H3. The second-order valence-corrected chi connectivity index (χ2v) is 7.82. The van der Waals surface area contributed by atoms with Crippen molar-refractivity contribution in [3.63, 3.8) is 0 Å². The van der Waals surface area contributed by atoms with Crippen molar-refractivity contribution in [1.82, 2.24) is 0 Å². The highest BCUT2D eigenvalue weighted by molar-refractivity contribution is 5.36. The van der Waals surface area contributed by atoms with Gasteiger partial charge < -0.3 is 0 Å². The molecule has 0 spiro atoms. The van der Waals surface area contributed by atoms with Gasteiger partial charge in [0.25, 0.3) is 0 Å². The van der Waals surface area contributed by atoms with Gasteiger partial charge in [-0.25, -0.2) is 0 Å². The highest BCUT2D eigenvalue weighted by atomic mass is 14.2. The van der Waals surface area contributed by atoms with E-state index in [0.29, 0.717) is 0 Å². The fourth-order valence-electron chi connectivity index (χ4n) is 3.03. The minimum atomic E-state index is 0.0858. The van der Waals surface area contributed by atoms with E-state index < -0.39 is 0 Å².